The first-order valence-corrected chi connectivity index (χ1v) is 9.05. The van der Waals surface area contributed by atoms with Crippen LogP contribution in [0, 0.1) is 13.8 Å². The van der Waals surface area contributed by atoms with E-state index in [1.807, 2.05) is 49.9 Å². The maximum atomic E-state index is 12.7. The maximum Gasteiger partial charge on any atom is 0.252 e. The molecule has 0 bridgehead atoms. The van der Waals surface area contributed by atoms with Gasteiger partial charge in [0, 0.05) is 35.9 Å². The first kappa shape index (κ1) is 18.3. The minimum atomic E-state index is 0.116. The lowest BCUT2D eigenvalue weighted by Crippen LogP contribution is -2.30. The molecule has 0 aliphatic carbocycles. The number of hydrogen-bond acceptors (Lipinski definition) is 4. The summed E-state index contributed by atoms with van der Waals surface area (Å²) in [5.41, 5.74) is 3.96. The highest BCUT2D eigenvalue weighted by molar-refractivity contribution is 6.30. The lowest BCUT2D eigenvalue weighted by Gasteiger charge is -2.21. The van der Waals surface area contributed by atoms with Crippen LogP contribution in [0.5, 0.6) is 0 Å². The summed E-state index contributed by atoms with van der Waals surface area (Å²) in [6, 6.07) is 7.62. The van der Waals surface area contributed by atoms with Crippen LogP contribution in [-0.4, -0.2) is 36.9 Å². The number of halogens is 1. The highest BCUT2D eigenvalue weighted by Gasteiger charge is 2.16. The Balaban J connectivity index is 1.71. The largest absolute Gasteiger partial charge is 0.339 e. The van der Waals surface area contributed by atoms with Crippen molar-refractivity contribution < 1.29 is 4.79 Å². The molecule has 26 heavy (non-hydrogen) atoms. The van der Waals surface area contributed by atoms with Crippen LogP contribution < -0.4 is 0 Å². The van der Waals surface area contributed by atoms with Crippen LogP contribution in [0.3, 0.4) is 0 Å². The Morgan fingerprint density at radius 1 is 1.31 bits per heavy atom. The average molecular weight is 372 g/mol. The summed E-state index contributed by atoms with van der Waals surface area (Å²) in [5.74, 6) is 0.705. The Hall–Kier alpha value is -2.47. The second kappa shape index (κ2) is 7.83. The third kappa shape index (κ3) is 3.85. The minimum absolute atomic E-state index is 0.116. The predicted octanol–water partition coefficient (Wildman–Crippen LogP) is 3.38. The normalized spacial score (nSPS) is 11.1. The van der Waals surface area contributed by atoms with Crippen molar-refractivity contribution >= 4 is 23.3 Å². The molecule has 2 heterocycles. The molecular formula is C19H22ClN5O. The number of amides is 1. The predicted molar refractivity (Wildman–Crippen MR) is 101 cm³/mol. The van der Waals surface area contributed by atoms with Gasteiger partial charge in [-0.2, -0.15) is 10.1 Å². The molecule has 0 aliphatic heterocycles. The van der Waals surface area contributed by atoms with Gasteiger partial charge < -0.3 is 4.90 Å². The van der Waals surface area contributed by atoms with Gasteiger partial charge >= 0.3 is 0 Å². The number of hydrogen-bond donors (Lipinski definition) is 0. The van der Waals surface area contributed by atoms with Crippen LogP contribution >= 0.6 is 11.6 Å². The molecule has 0 atom stereocenters. The van der Waals surface area contributed by atoms with E-state index in [-0.39, 0.29) is 5.91 Å². The van der Waals surface area contributed by atoms with E-state index in [2.05, 4.69) is 15.1 Å². The van der Waals surface area contributed by atoms with Gasteiger partial charge in [0.05, 0.1) is 0 Å². The molecule has 3 rings (SSSR count). The van der Waals surface area contributed by atoms with Gasteiger partial charge in [-0.3, -0.25) is 4.79 Å². The number of benzene rings is 1. The lowest BCUT2D eigenvalue weighted by atomic mass is 10.1. The van der Waals surface area contributed by atoms with E-state index >= 15 is 0 Å². The van der Waals surface area contributed by atoms with Gasteiger partial charge in [-0.1, -0.05) is 23.7 Å². The van der Waals surface area contributed by atoms with Crippen LogP contribution in [0.15, 0.2) is 30.6 Å². The van der Waals surface area contributed by atoms with Crippen LogP contribution in [0.2, 0.25) is 5.02 Å². The Kier molecular flexibility index (Phi) is 5.52. The first-order valence-electron chi connectivity index (χ1n) is 8.67. The molecule has 1 aromatic carbocycles. The molecule has 2 aromatic heterocycles. The molecule has 0 unspecified atom stereocenters. The summed E-state index contributed by atoms with van der Waals surface area (Å²) >= 11 is 6.04. The van der Waals surface area contributed by atoms with Crippen molar-refractivity contribution in [1.29, 1.82) is 0 Å². The highest BCUT2D eigenvalue weighted by Crippen LogP contribution is 2.17. The molecule has 0 aliphatic rings. The number of aromatic nitrogens is 4. The second-order valence-corrected chi connectivity index (χ2v) is 6.71. The molecule has 6 nitrogen and oxygen atoms in total. The van der Waals surface area contributed by atoms with Crippen molar-refractivity contribution in [2.45, 2.75) is 40.2 Å². The van der Waals surface area contributed by atoms with Crippen molar-refractivity contribution in [3.63, 3.8) is 0 Å². The van der Waals surface area contributed by atoms with Crippen molar-refractivity contribution in [2.75, 3.05) is 6.54 Å². The quantitative estimate of drug-likeness (QED) is 0.666. The van der Waals surface area contributed by atoms with Crippen molar-refractivity contribution in [3.05, 3.63) is 58.1 Å². The van der Waals surface area contributed by atoms with E-state index in [0.717, 1.165) is 22.5 Å². The lowest BCUT2D eigenvalue weighted by molar-refractivity contribution is -0.131. The van der Waals surface area contributed by atoms with Gasteiger partial charge in [0.25, 0.3) is 5.78 Å². The summed E-state index contributed by atoms with van der Waals surface area (Å²) in [7, 11) is 0. The van der Waals surface area contributed by atoms with E-state index < -0.39 is 0 Å². The molecule has 136 valence electrons. The summed E-state index contributed by atoms with van der Waals surface area (Å²) in [5, 5.41) is 4.88. The summed E-state index contributed by atoms with van der Waals surface area (Å²) in [6.07, 6.45) is 2.55. The van der Waals surface area contributed by atoms with Gasteiger partial charge in [0.2, 0.25) is 5.91 Å². The third-order valence-electron chi connectivity index (χ3n) is 4.57. The maximum absolute atomic E-state index is 12.7. The molecule has 7 heteroatoms. The number of nitrogens with zero attached hydrogens (tertiary/aromatic N) is 5. The Bertz CT molecular complexity index is 937. The summed E-state index contributed by atoms with van der Waals surface area (Å²) in [6.45, 7) is 7.14. The van der Waals surface area contributed by atoms with Gasteiger partial charge in [-0.25, -0.2) is 9.50 Å². The van der Waals surface area contributed by atoms with Crippen molar-refractivity contribution in [2.24, 2.45) is 0 Å². The van der Waals surface area contributed by atoms with E-state index in [1.54, 1.807) is 4.52 Å². The number of fused-ring (bicyclic) bond motifs is 1. The zero-order chi connectivity index (χ0) is 18.7. The average Bonchev–Trinajstić information content (AvgIpc) is 3.07. The van der Waals surface area contributed by atoms with Gasteiger partial charge in [-0.05, 0) is 50.5 Å². The fraction of sp³-hybridized carbons (Fsp3) is 0.368. The molecule has 0 N–H and O–H groups in total. The zero-order valence-electron chi connectivity index (χ0n) is 15.2. The smallest absolute Gasteiger partial charge is 0.252 e. The van der Waals surface area contributed by atoms with Crippen molar-refractivity contribution in [3.8, 4) is 0 Å². The van der Waals surface area contributed by atoms with Crippen LogP contribution in [0.25, 0.3) is 5.78 Å². The van der Waals surface area contributed by atoms with Crippen LogP contribution in [0.4, 0.5) is 0 Å². The highest BCUT2D eigenvalue weighted by atomic mass is 35.5. The Morgan fingerprint density at radius 3 is 2.85 bits per heavy atom. The molecule has 3 aromatic rings. The van der Waals surface area contributed by atoms with Gasteiger partial charge in [0.15, 0.2) is 0 Å². The number of carbonyl (C=O) groups is 1. The fourth-order valence-corrected chi connectivity index (χ4v) is 3.35. The molecule has 0 saturated heterocycles. The summed E-state index contributed by atoms with van der Waals surface area (Å²) in [4.78, 5) is 23.1. The van der Waals surface area contributed by atoms with E-state index in [1.165, 1.54) is 6.33 Å². The number of rotatable bonds is 6. The first-order chi connectivity index (χ1) is 12.5. The fourth-order valence-electron chi connectivity index (χ4n) is 3.14. The number of carbonyl (C=O) groups excluding carboxylic acids is 1. The number of aryl methyl sites for hydroxylation is 2. The zero-order valence-corrected chi connectivity index (χ0v) is 16.0. The van der Waals surface area contributed by atoms with E-state index in [0.29, 0.717) is 36.7 Å². The topological polar surface area (TPSA) is 63.4 Å². The molecule has 0 radical (unpaired) electrons. The van der Waals surface area contributed by atoms with E-state index in [9.17, 15) is 4.79 Å². The second-order valence-electron chi connectivity index (χ2n) is 6.27. The Morgan fingerprint density at radius 2 is 2.12 bits per heavy atom. The van der Waals surface area contributed by atoms with Crippen LogP contribution in [0.1, 0.15) is 35.9 Å². The molecular weight excluding hydrogens is 350 g/mol. The van der Waals surface area contributed by atoms with Gasteiger partial charge in [0.1, 0.15) is 6.33 Å². The standard InChI is InChI=1S/C19H22ClN5O/c1-4-24(11-15-6-5-7-16(20)10-15)18(26)9-8-17-13(2)23-19-21-12-22-25(19)14(17)3/h5-7,10,12H,4,8-9,11H2,1-3H3. The monoisotopic (exact) mass is 371 g/mol. The molecule has 0 spiro atoms. The molecule has 1 amide bonds. The van der Waals surface area contributed by atoms with Crippen LogP contribution in [-0.2, 0) is 17.8 Å². The van der Waals surface area contributed by atoms with E-state index in [4.69, 9.17) is 11.6 Å². The minimum Gasteiger partial charge on any atom is -0.339 e. The third-order valence-corrected chi connectivity index (χ3v) is 4.81. The SMILES string of the molecule is CCN(Cc1cccc(Cl)c1)C(=O)CCc1c(C)nc2ncnn2c1C. The van der Waals surface area contributed by atoms with Gasteiger partial charge in [-0.15, -0.1) is 0 Å². The summed E-state index contributed by atoms with van der Waals surface area (Å²) < 4.78 is 1.72. The molecule has 0 saturated carbocycles. The molecule has 0 fully saturated rings. The Labute approximate surface area is 157 Å². The van der Waals surface area contributed by atoms with Crippen molar-refractivity contribution in [1.82, 2.24) is 24.5 Å².